The number of rotatable bonds is 6. The van der Waals surface area contributed by atoms with Crippen LogP contribution in [0.5, 0.6) is 5.75 Å². The van der Waals surface area contributed by atoms with Crippen molar-refractivity contribution in [1.82, 2.24) is 5.32 Å². The maximum Gasteiger partial charge on any atom is 0.251 e. The minimum Gasteiger partial charge on any atom is -0.495 e. The molecule has 5 nitrogen and oxygen atoms in total. The van der Waals surface area contributed by atoms with Gasteiger partial charge in [0.1, 0.15) is 5.75 Å². The van der Waals surface area contributed by atoms with Gasteiger partial charge in [-0.25, -0.2) is 0 Å². The van der Waals surface area contributed by atoms with Crippen LogP contribution in [0, 0.1) is 0 Å². The summed E-state index contributed by atoms with van der Waals surface area (Å²) in [6.07, 6.45) is 5.13. The molecule has 2 aromatic carbocycles. The van der Waals surface area contributed by atoms with Crippen molar-refractivity contribution in [2.24, 2.45) is 0 Å². The van der Waals surface area contributed by atoms with Crippen molar-refractivity contribution in [2.45, 2.75) is 18.9 Å². The van der Waals surface area contributed by atoms with Crippen LogP contribution in [0.15, 0.2) is 48.5 Å². The molecule has 0 saturated heterocycles. The highest BCUT2D eigenvalue weighted by Crippen LogP contribution is 2.25. The second-order valence-electron chi connectivity index (χ2n) is 6.05. The van der Waals surface area contributed by atoms with E-state index in [1.807, 2.05) is 0 Å². The number of ether oxygens (including phenoxy) is 1. The van der Waals surface area contributed by atoms with Gasteiger partial charge in [0.2, 0.25) is 5.91 Å². The summed E-state index contributed by atoms with van der Waals surface area (Å²) in [7, 11) is 1.54. The van der Waals surface area contributed by atoms with Gasteiger partial charge >= 0.3 is 0 Å². The number of methoxy groups -OCH3 is 1. The Bertz CT molecular complexity index is 860. The summed E-state index contributed by atoms with van der Waals surface area (Å²) in [5.41, 5.74) is 1.87. The van der Waals surface area contributed by atoms with Crippen LogP contribution in [-0.4, -0.2) is 25.0 Å². The van der Waals surface area contributed by atoms with Crippen molar-refractivity contribution in [3.63, 3.8) is 0 Å². The topological polar surface area (TPSA) is 67.4 Å². The zero-order valence-electron chi connectivity index (χ0n) is 14.3. The lowest BCUT2D eigenvalue weighted by Gasteiger charge is -2.06. The highest BCUT2D eigenvalue weighted by molar-refractivity contribution is 6.32. The largest absolute Gasteiger partial charge is 0.495 e. The maximum absolute atomic E-state index is 12.1. The zero-order chi connectivity index (χ0) is 18.5. The molecule has 3 rings (SSSR count). The molecule has 1 aliphatic carbocycles. The zero-order valence-corrected chi connectivity index (χ0v) is 15.0. The van der Waals surface area contributed by atoms with Gasteiger partial charge in [0.15, 0.2) is 0 Å². The molecule has 134 valence electrons. The Morgan fingerprint density at radius 3 is 2.69 bits per heavy atom. The second-order valence-corrected chi connectivity index (χ2v) is 6.45. The lowest BCUT2D eigenvalue weighted by molar-refractivity contribution is -0.111. The number of carbonyl (C=O) groups is 2. The number of amides is 2. The standard InChI is InChI=1S/C20H19ClN2O3/c1-26-18-9-5-13(11-17(18)21)6-10-19(24)22-16-4-2-3-14(12-16)20(25)23-15-7-8-15/h2-6,9-12,15H,7-8H2,1H3,(H,22,24)(H,23,25)/b10-6+. The first kappa shape index (κ1) is 18.0. The van der Waals surface area contributed by atoms with Crippen LogP contribution in [0.25, 0.3) is 6.08 Å². The van der Waals surface area contributed by atoms with Crippen molar-refractivity contribution in [1.29, 1.82) is 0 Å². The first-order valence-electron chi connectivity index (χ1n) is 8.28. The van der Waals surface area contributed by atoms with E-state index in [0.717, 1.165) is 18.4 Å². The Morgan fingerprint density at radius 2 is 2.00 bits per heavy atom. The van der Waals surface area contributed by atoms with Crippen molar-refractivity contribution < 1.29 is 14.3 Å². The van der Waals surface area contributed by atoms with Crippen LogP contribution in [0.3, 0.4) is 0 Å². The third-order valence-electron chi connectivity index (χ3n) is 3.91. The molecule has 0 aromatic heterocycles. The molecule has 1 fully saturated rings. The van der Waals surface area contributed by atoms with E-state index in [1.165, 1.54) is 6.08 Å². The minimum absolute atomic E-state index is 0.119. The fourth-order valence-corrected chi connectivity index (χ4v) is 2.64. The fourth-order valence-electron chi connectivity index (χ4n) is 2.38. The molecule has 6 heteroatoms. The highest BCUT2D eigenvalue weighted by atomic mass is 35.5. The summed E-state index contributed by atoms with van der Waals surface area (Å²) in [6, 6.07) is 12.4. The van der Waals surface area contributed by atoms with E-state index in [4.69, 9.17) is 16.3 Å². The number of hydrogen-bond acceptors (Lipinski definition) is 3. The van der Waals surface area contributed by atoms with Gasteiger partial charge in [-0.05, 0) is 54.8 Å². The molecule has 0 heterocycles. The smallest absolute Gasteiger partial charge is 0.251 e. The monoisotopic (exact) mass is 370 g/mol. The predicted octanol–water partition coefficient (Wildman–Crippen LogP) is 3.89. The van der Waals surface area contributed by atoms with E-state index in [2.05, 4.69) is 10.6 Å². The molecule has 1 saturated carbocycles. The van der Waals surface area contributed by atoms with Gasteiger partial charge in [0.25, 0.3) is 5.91 Å². The molecule has 26 heavy (non-hydrogen) atoms. The molecule has 2 amide bonds. The fraction of sp³-hybridized carbons (Fsp3) is 0.200. The molecule has 0 radical (unpaired) electrons. The van der Waals surface area contributed by atoms with E-state index in [0.29, 0.717) is 28.1 Å². The van der Waals surface area contributed by atoms with Gasteiger partial charge in [0, 0.05) is 23.4 Å². The first-order chi connectivity index (χ1) is 12.5. The number of benzene rings is 2. The Labute approximate surface area is 157 Å². The molecular formula is C20H19ClN2O3. The Morgan fingerprint density at radius 1 is 1.19 bits per heavy atom. The van der Waals surface area contributed by atoms with Crippen molar-refractivity contribution in [3.05, 3.63) is 64.7 Å². The summed E-state index contributed by atoms with van der Waals surface area (Å²) in [6.45, 7) is 0. The van der Waals surface area contributed by atoms with Crippen LogP contribution in [0.4, 0.5) is 5.69 Å². The number of anilines is 1. The molecule has 0 aliphatic heterocycles. The maximum atomic E-state index is 12.1. The van der Waals surface area contributed by atoms with E-state index in [1.54, 1.807) is 55.7 Å². The highest BCUT2D eigenvalue weighted by Gasteiger charge is 2.23. The molecule has 2 N–H and O–H groups in total. The van der Waals surface area contributed by atoms with Gasteiger partial charge in [-0.15, -0.1) is 0 Å². The normalized spacial score (nSPS) is 13.5. The van der Waals surface area contributed by atoms with E-state index < -0.39 is 0 Å². The summed E-state index contributed by atoms with van der Waals surface area (Å²) in [5.74, 6) is 0.165. The molecule has 1 aliphatic rings. The Hall–Kier alpha value is -2.79. The molecule has 0 atom stereocenters. The lowest BCUT2D eigenvalue weighted by atomic mass is 10.1. The Balaban J connectivity index is 1.62. The van der Waals surface area contributed by atoms with Crippen LogP contribution in [0.2, 0.25) is 5.02 Å². The molecule has 0 unspecified atom stereocenters. The number of halogens is 1. The van der Waals surface area contributed by atoms with Crippen LogP contribution < -0.4 is 15.4 Å². The summed E-state index contributed by atoms with van der Waals surface area (Å²) in [4.78, 5) is 24.2. The van der Waals surface area contributed by atoms with Gasteiger partial charge in [0.05, 0.1) is 12.1 Å². The molecule has 0 spiro atoms. The first-order valence-corrected chi connectivity index (χ1v) is 8.66. The third-order valence-corrected chi connectivity index (χ3v) is 4.20. The van der Waals surface area contributed by atoms with Crippen LogP contribution in [-0.2, 0) is 4.79 Å². The average molecular weight is 371 g/mol. The van der Waals surface area contributed by atoms with Crippen molar-refractivity contribution in [2.75, 3.05) is 12.4 Å². The van der Waals surface area contributed by atoms with E-state index in [-0.39, 0.29) is 11.8 Å². The van der Waals surface area contributed by atoms with E-state index >= 15 is 0 Å². The number of carbonyl (C=O) groups excluding carboxylic acids is 2. The summed E-state index contributed by atoms with van der Waals surface area (Å²) >= 11 is 6.06. The van der Waals surface area contributed by atoms with Gasteiger partial charge in [-0.2, -0.15) is 0 Å². The van der Waals surface area contributed by atoms with Crippen molar-refractivity contribution >= 4 is 35.2 Å². The van der Waals surface area contributed by atoms with Gasteiger partial charge in [-0.1, -0.05) is 23.7 Å². The lowest BCUT2D eigenvalue weighted by Crippen LogP contribution is -2.25. The van der Waals surface area contributed by atoms with E-state index in [9.17, 15) is 9.59 Å². The quantitative estimate of drug-likeness (QED) is 0.758. The SMILES string of the molecule is COc1ccc(/C=C/C(=O)Nc2cccc(C(=O)NC3CC3)c2)cc1Cl. The molecule has 0 bridgehead atoms. The molecule has 2 aromatic rings. The number of nitrogens with one attached hydrogen (secondary N) is 2. The molecular weight excluding hydrogens is 352 g/mol. The predicted molar refractivity (Wildman–Crippen MR) is 103 cm³/mol. The van der Waals surface area contributed by atoms with Crippen LogP contribution in [0.1, 0.15) is 28.8 Å². The summed E-state index contributed by atoms with van der Waals surface area (Å²) in [5, 5.41) is 6.15. The Kier molecular flexibility index (Phi) is 5.58. The minimum atomic E-state index is -0.295. The van der Waals surface area contributed by atoms with Gasteiger partial charge in [-0.3, -0.25) is 9.59 Å². The third kappa shape index (κ3) is 4.86. The van der Waals surface area contributed by atoms with Crippen molar-refractivity contribution in [3.8, 4) is 5.75 Å². The second kappa shape index (κ2) is 8.06. The summed E-state index contributed by atoms with van der Waals surface area (Å²) < 4.78 is 5.09. The number of hydrogen-bond donors (Lipinski definition) is 2. The average Bonchev–Trinajstić information content (AvgIpc) is 3.44. The van der Waals surface area contributed by atoms with Crippen LogP contribution >= 0.6 is 11.6 Å². The van der Waals surface area contributed by atoms with Gasteiger partial charge < -0.3 is 15.4 Å².